The van der Waals surface area contributed by atoms with Crippen LogP contribution in [0.25, 0.3) is 0 Å². The van der Waals surface area contributed by atoms with Crippen LogP contribution in [0.3, 0.4) is 0 Å². The van der Waals surface area contributed by atoms with Gasteiger partial charge < -0.3 is 50.3 Å². The SMILES string of the molecule is C=O.CC(C)(C)OC(=O)N(CC(=O)N1CCCC(c2ccc(F)c(C(=O)NC(C(=O)N3CCC(OC4CCN(CC(=O)N5CCN(C(=O)c6cc(CC(=N)c7ccccc7C(N)=O)ccc6F)CC5)CC4)CC3)C3CCCCC3)c2)C1)C1CC1. The Morgan fingerprint density at radius 1 is 0.679 bits per heavy atom. The Bertz CT molecular complexity index is 2870. The van der Waals surface area contributed by atoms with Gasteiger partial charge >= 0.3 is 6.09 Å². The number of amides is 7. The number of hydrogen-bond acceptors (Lipinski definition) is 12. The topological polar surface area (TPSA) is 236 Å². The maximum atomic E-state index is 15.7. The number of piperazine rings is 1. The predicted octanol–water partition coefficient (Wildman–Crippen LogP) is 6.73. The fraction of sp³-hybridized carbons (Fsp3) is 0.571. The smallest absolute Gasteiger partial charge is 0.411 e. The molecular weight excluding hydrogens is 1080 g/mol. The van der Waals surface area contributed by atoms with E-state index in [9.17, 15) is 33.6 Å². The van der Waals surface area contributed by atoms with Gasteiger partial charge in [0.25, 0.3) is 11.8 Å². The fourth-order valence-electron chi connectivity index (χ4n) is 12.4. The molecule has 454 valence electrons. The van der Waals surface area contributed by atoms with Crippen molar-refractivity contribution in [3.8, 4) is 0 Å². The monoisotopic (exact) mass is 1160 g/mol. The molecule has 19 nitrogen and oxygen atoms in total. The molecule has 6 aliphatic rings. The van der Waals surface area contributed by atoms with Crippen molar-refractivity contribution < 1.29 is 56.6 Å². The minimum Gasteiger partial charge on any atom is -0.444 e. The van der Waals surface area contributed by atoms with Crippen molar-refractivity contribution in [2.45, 2.75) is 146 Å². The third-order valence-electron chi connectivity index (χ3n) is 17.2. The Morgan fingerprint density at radius 2 is 1.30 bits per heavy atom. The van der Waals surface area contributed by atoms with E-state index in [0.717, 1.165) is 69.8 Å². The Balaban J connectivity index is 0.00000455. The molecule has 4 aliphatic heterocycles. The first kappa shape index (κ1) is 62.9. The predicted molar refractivity (Wildman–Crippen MR) is 310 cm³/mol. The molecule has 0 bridgehead atoms. The number of halogens is 2. The molecule has 6 fully saturated rings. The number of piperidine rings is 3. The van der Waals surface area contributed by atoms with E-state index in [1.54, 1.807) is 71.9 Å². The summed E-state index contributed by atoms with van der Waals surface area (Å²) in [6.45, 7) is 11.9. The van der Waals surface area contributed by atoms with E-state index in [4.69, 9.17) is 25.4 Å². The van der Waals surface area contributed by atoms with Crippen LogP contribution in [0.5, 0.6) is 0 Å². The molecule has 4 heterocycles. The van der Waals surface area contributed by atoms with Crippen LogP contribution in [0.1, 0.15) is 158 Å². The Kier molecular flexibility index (Phi) is 21.4. The van der Waals surface area contributed by atoms with Gasteiger partial charge in [0.2, 0.25) is 23.6 Å². The van der Waals surface area contributed by atoms with Gasteiger partial charge in [-0.1, -0.05) is 49.6 Å². The summed E-state index contributed by atoms with van der Waals surface area (Å²) in [7, 11) is 0. The molecule has 2 atom stereocenters. The van der Waals surface area contributed by atoms with Gasteiger partial charge in [-0.25, -0.2) is 13.6 Å². The highest BCUT2D eigenvalue weighted by molar-refractivity contribution is 6.09. The lowest BCUT2D eigenvalue weighted by Crippen LogP contribution is -2.55. The number of rotatable bonds is 17. The van der Waals surface area contributed by atoms with Crippen LogP contribution in [-0.4, -0.2) is 192 Å². The summed E-state index contributed by atoms with van der Waals surface area (Å²) in [6, 6.07) is 14.4. The van der Waals surface area contributed by atoms with Crippen molar-refractivity contribution in [1.82, 2.24) is 34.7 Å². The van der Waals surface area contributed by atoms with Crippen LogP contribution in [0.4, 0.5) is 13.6 Å². The molecule has 2 saturated carbocycles. The largest absolute Gasteiger partial charge is 0.444 e. The van der Waals surface area contributed by atoms with Crippen molar-refractivity contribution in [3.05, 3.63) is 106 Å². The summed E-state index contributed by atoms with van der Waals surface area (Å²) in [4.78, 5) is 113. The quantitative estimate of drug-likeness (QED) is 0.120. The summed E-state index contributed by atoms with van der Waals surface area (Å²) >= 11 is 0. The lowest BCUT2D eigenvalue weighted by atomic mass is 9.83. The molecule has 21 heteroatoms. The first-order chi connectivity index (χ1) is 40.3. The molecule has 0 radical (unpaired) electrons. The van der Waals surface area contributed by atoms with Crippen molar-refractivity contribution in [2.24, 2.45) is 11.7 Å². The molecule has 4 N–H and O–H groups in total. The molecule has 2 aliphatic carbocycles. The summed E-state index contributed by atoms with van der Waals surface area (Å²) in [6.07, 6.45) is 9.89. The van der Waals surface area contributed by atoms with Crippen molar-refractivity contribution in [1.29, 1.82) is 5.41 Å². The van der Waals surface area contributed by atoms with E-state index in [-0.39, 0.29) is 103 Å². The second-order valence-electron chi connectivity index (χ2n) is 24.3. The molecule has 7 amide bonds. The normalized spacial score (nSPS) is 19.8. The number of carbonyl (C=O) groups excluding carboxylic acids is 8. The summed E-state index contributed by atoms with van der Waals surface area (Å²) < 4.78 is 43.0. The summed E-state index contributed by atoms with van der Waals surface area (Å²) in [5, 5.41) is 11.6. The average molecular weight is 1160 g/mol. The van der Waals surface area contributed by atoms with Gasteiger partial charge in [-0.05, 0) is 132 Å². The molecule has 2 unspecified atom stereocenters. The van der Waals surface area contributed by atoms with Gasteiger partial charge in [0.15, 0.2) is 0 Å². The number of primary amides is 1. The molecular formula is C63H83F2N9O10. The van der Waals surface area contributed by atoms with Gasteiger partial charge in [0.05, 0.1) is 29.9 Å². The highest BCUT2D eigenvalue weighted by atomic mass is 19.1. The number of nitrogens with one attached hydrogen (secondary N) is 2. The highest BCUT2D eigenvalue weighted by Crippen LogP contribution is 2.33. The molecule has 84 heavy (non-hydrogen) atoms. The van der Waals surface area contributed by atoms with Gasteiger partial charge in [-0.2, -0.15) is 0 Å². The van der Waals surface area contributed by atoms with Gasteiger partial charge in [0, 0.05) is 101 Å². The van der Waals surface area contributed by atoms with E-state index in [1.165, 1.54) is 29.2 Å². The van der Waals surface area contributed by atoms with Crippen LogP contribution < -0.4 is 11.1 Å². The first-order valence-corrected chi connectivity index (χ1v) is 29.9. The second kappa shape index (κ2) is 28.6. The first-order valence-electron chi connectivity index (χ1n) is 29.9. The van der Waals surface area contributed by atoms with E-state index in [2.05, 4.69) is 10.2 Å². The number of benzene rings is 3. The van der Waals surface area contributed by atoms with Gasteiger partial charge in [0.1, 0.15) is 36.6 Å². The molecule has 4 saturated heterocycles. The minimum atomic E-state index is -0.808. The number of carbonyl (C=O) groups is 8. The van der Waals surface area contributed by atoms with Crippen molar-refractivity contribution >= 4 is 54.0 Å². The van der Waals surface area contributed by atoms with Gasteiger partial charge in [-0.15, -0.1) is 0 Å². The van der Waals surface area contributed by atoms with E-state index in [1.807, 2.05) is 11.7 Å². The fourth-order valence-corrected chi connectivity index (χ4v) is 12.4. The number of nitrogens with zero attached hydrogens (tertiary/aromatic N) is 6. The van der Waals surface area contributed by atoms with Crippen LogP contribution >= 0.6 is 0 Å². The molecule has 3 aromatic rings. The third-order valence-corrected chi connectivity index (χ3v) is 17.2. The Hall–Kier alpha value is -7.13. The van der Waals surface area contributed by atoms with E-state index < -0.39 is 47.1 Å². The molecule has 3 aromatic carbocycles. The molecule has 0 aromatic heterocycles. The van der Waals surface area contributed by atoms with Gasteiger partial charge in [-0.3, -0.25) is 38.6 Å². The highest BCUT2D eigenvalue weighted by Gasteiger charge is 2.40. The number of ether oxygens (including phenoxy) is 2. The standard InChI is InChI=1S/C62H81F2N9O9.CH2O/c1-62(2,3)82-61(80)73(44-17-18-44)39-55(75)72-25-9-12-43(37-72)42-16-20-51(63)49(36-42)58(77)67-56(41-10-5-4-6-11-41)60(79)70-28-23-46(24-29-70)81-45-21-26-68(27-22-45)38-54(74)69-30-32-71(33-31-69)59(78)50-34-40(15-19-52(50)64)35-53(65)47-13-7-8-14-48(47)57(66)76;1-2/h7-8,13-16,19-20,34,36,41,43-46,56,65H,4-6,9-12,17-18,21-33,35,37-39H2,1-3H3,(H2,66,76)(H,67,77);1H2. The maximum Gasteiger partial charge on any atom is 0.411 e. The Morgan fingerprint density at radius 3 is 1.94 bits per heavy atom. The van der Waals surface area contributed by atoms with Crippen LogP contribution in [0.2, 0.25) is 0 Å². The zero-order valence-electron chi connectivity index (χ0n) is 48.9. The van der Waals surface area contributed by atoms with E-state index >= 15 is 8.78 Å². The summed E-state index contributed by atoms with van der Waals surface area (Å²) in [5.41, 5.74) is 6.54. The number of hydrogen-bond donors (Lipinski definition) is 3. The zero-order chi connectivity index (χ0) is 60.2. The number of likely N-dealkylation sites (tertiary alicyclic amines) is 3. The number of nitrogens with two attached hydrogens (primary N) is 1. The minimum absolute atomic E-state index is 0.00237. The van der Waals surface area contributed by atoms with Crippen LogP contribution in [-0.2, 0) is 35.1 Å². The lowest BCUT2D eigenvalue weighted by Gasteiger charge is -2.40. The van der Waals surface area contributed by atoms with E-state index in [0.29, 0.717) is 82.7 Å². The molecule has 0 spiro atoms. The van der Waals surface area contributed by atoms with Crippen molar-refractivity contribution in [3.63, 3.8) is 0 Å². The molecule has 9 rings (SSSR count). The third kappa shape index (κ3) is 16.4. The Labute approximate surface area is 491 Å². The van der Waals surface area contributed by atoms with Crippen molar-refractivity contribution in [2.75, 3.05) is 78.5 Å². The maximum absolute atomic E-state index is 15.7. The zero-order valence-corrected chi connectivity index (χ0v) is 48.9. The lowest BCUT2D eigenvalue weighted by molar-refractivity contribution is -0.140. The van der Waals surface area contributed by atoms with Crippen LogP contribution in [0, 0.1) is 23.0 Å². The second-order valence-corrected chi connectivity index (χ2v) is 24.3. The van der Waals surface area contributed by atoms with Crippen LogP contribution in [0.15, 0.2) is 60.7 Å². The summed E-state index contributed by atoms with van der Waals surface area (Å²) in [5.74, 6) is -3.74. The average Bonchev–Trinajstić information content (AvgIpc) is 4.41.